The summed E-state index contributed by atoms with van der Waals surface area (Å²) in [5, 5.41) is 1.49. The van der Waals surface area contributed by atoms with Crippen LogP contribution in [0, 0.1) is 5.82 Å². The fourth-order valence-electron chi connectivity index (χ4n) is 4.45. The maximum Gasteiger partial charge on any atom is 0.349 e. The van der Waals surface area contributed by atoms with Crippen LogP contribution in [0.15, 0.2) is 79.5 Å². The number of ether oxygens (including phenoxy) is 1. The van der Waals surface area contributed by atoms with E-state index in [1.807, 2.05) is 6.92 Å². The molecule has 2 aromatic heterocycles. The quantitative estimate of drug-likeness (QED) is 0.170. The molecule has 14 heteroatoms. The van der Waals surface area contributed by atoms with Gasteiger partial charge in [0.1, 0.15) is 21.3 Å². The Bertz CT molecular complexity index is 1930. The zero-order chi connectivity index (χ0) is 32.0. The van der Waals surface area contributed by atoms with Gasteiger partial charge in [0.2, 0.25) is 0 Å². The van der Waals surface area contributed by atoms with Gasteiger partial charge >= 0.3 is 11.7 Å². The molecule has 4 rings (SSSR count). The average molecular weight is 642 g/mol. The Morgan fingerprint density at radius 1 is 1.09 bits per heavy atom. The number of benzene rings is 2. The molecule has 0 atom stereocenters. The number of hydrogen-bond acceptors (Lipinski definition) is 9. The number of methoxy groups -OCH3 is 1. The van der Waals surface area contributed by atoms with Crippen molar-refractivity contribution >= 4 is 50.2 Å². The summed E-state index contributed by atoms with van der Waals surface area (Å²) in [7, 11) is -2.87. The van der Waals surface area contributed by atoms with Gasteiger partial charge in [-0.1, -0.05) is 43.7 Å². The van der Waals surface area contributed by atoms with Crippen LogP contribution in [0.1, 0.15) is 47.5 Å². The van der Waals surface area contributed by atoms with Gasteiger partial charge in [-0.2, -0.15) is 0 Å². The molecule has 0 saturated heterocycles. The van der Waals surface area contributed by atoms with Gasteiger partial charge in [-0.3, -0.25) is 18.7 Å². The molecule has 0 unspecified atom stereocenters. The highest BCUT2D eigenvalue weighted by Crippen LogP contribution is 2.26. The summed E-state index contributed by atoms with van der Waals surface area (Å²) in [5.41, 5.74) is 6.40. The molecule has 2 aromatic carbocycles. The lowest BCUT2D eigenvalue weighted by Crippen LogP contribution is -2.41. The number of carbonyl (C=O) groups excluding carboxylic acids is 1. The summed E-state index contributed by atoms with van der Waals surface area (Å²) >= 11 is 0.966. The van der Waals surface area contributed by atoms with Crippen LogP contribution in [0.4, 0.5) is 21.6 Å². The molecule has 0 aliphatic heterocycles. The van der Waals surface area contributed by atoms with Gasteiger partial charge in [0, 0.05) is 29.9 Å². The number of aliphatic imine (C=N–C) groups is 1. The highest BCUT2D eigenvalue weighted by Gasteiger charge is 2.25. The Kier molecular flexibility index (Phi) is 10.2. The second kappa shape index (κ2) is 13.8. The Labute approximate surface area is 257 Å². The molecule has 0 bridgehead atoms. The van der Waals surface area contributed by atoms with E-state index in [0.717, 1.165) is 27.9 Å². The van der Waals surface area contributed by atoms with Crippen molar-refractivity contribution < 1.29 is 22.3 Å². The normalized spacial score (nSPS) is 11.9. The van der Waals surface area contributed by atoms with Gasteiger partial charge in [0.25, 0.3) is 15.6 Å². The van der Waals surface area contributed by atoms with Crippen molar-refractivity contribution in [2.24, 2.45) is 4.99 Å². The van der Waals surface area contributed by atoms with Crippen LogP contribution in [-0.2, 0) is 34.3 Å². The van der Waals surface area contributed by atoms with Gasteiger partial charge in [-0.05, 0) is 48.6 Å². The van der Waals surface area contributed by atoms with Gasteiger partial charge in [0.15, 0.2) is 5.82 Å². The number of halogens is 1. The van der Waals surface area contributed by atoms with Gasteiger partial charge in [-0.15, -0.1) is 11.3 Å². The minimum atomic E-state index is -4.05. The third-order valence-electron chi connectivity index (χ3n) is 6.71. The number of nitrogen functional groups attached to an aromatic ring is 1. The minimum absolute atomic E-state index is 0.0277. The number of nitrogens with two attached hydrogens (primary N) is 1. The van der Waals surface area contributed by atoms with Crippen LogP contribution in [0.25, 0.3) is 0 Å². The number of esters is 1. The summed E-state index contributed by atoms with van der Waals surface area (Å²) in [4.78, 5) is 42.9. The van der Waals surface area contributed by atoms with E-state index in [2.05, 4.69) is 14.5 Å². The molecule has 3 N–H and O–H groups in total. The smallest absolute Gasteiger partial charge is 0.349 e. The number of anilines is 2. The van der Waals surface area contributed by atoms with Crippen LogP contribution in [0.2, 0.25) is 0 Å². The lowest BCUT2D eigenvalue weighted by atomic mass is 10.1. The van der Waals surface area contributed by atoms with E-state index in [0.29, 0.717) is 18.6 Å². The number of hydrogen-bond donors (Lipinski definition) is 2. The topological polar surface area (TPSA) is 155 Å². The summed E-state index contributed by atoms with van der Waals surface area (Å²) in [6, 6.07) is 13.8. The molecule has 0 amide bonds. The average Bonchev–Trinajstić information content (AvgIpc) is 3.51. The minimum Gasteiger partial charge on any atom is -0.465 e. The van der Waals surface area contributed by atoms with Crippen molar-refractivity contribution in [3.63, 3.8) is 0 Å². The molecule has 232 valence electrons. The van der Waals surface area contributed by atoms with Crippen LogP contribution < -0.4 is 21.7 Å². The molecule has 0 fully saturated rings. The fourth-order valence-corrected chi connectivity index (χ4v) is 6.85. The molecule has 0 aliphatic carbocycles. The maximum atomic E-state index is 14.3. The molecule has 4 aromatic rings. The lowest BCUT2D eigenvalue weighted by Gasteiger charge is -2.16. The monoisotopic (exact) mass is 641 g/mol. The largest absolute Gasteiger partial charge is 0.465 e. The molecular weight excluding hydrogens is 609 g/mol. The predicted octanol–water partition coefficient (Wildman–Crippen LogP) is 4.56. The van der Waals surface area contributed by atoms with Crippen molar-refractivity contribution in [1.82, 2.24) is 9.13 Å². The van der Waals surface area contributed by atoms with Crippen LogP contribution in [0.5, 0.6) is 0 Å². The first-order valence-electron chi connectivity index (χ1n) is 13.6. The molecule has 44 heavy (non-hydrogen) atoms. The number of nitrogens with one attached hydrogen (secondary N) is 1. The summed E-state index contributed by atoms with van der Waals surface area (Å²) in [6.45, 7) is 3.68. The SMILES string of the molecule is CCCCn1c(N=C(C)Cc2ccc(NS(=O)(=O)c3ccsc3C(=O)OC)cc2)c(N)c(=O)n(Cc2ccccc2F)c1=O. The zero-order valence-electron chi connectivity index (χ0n) is 24.4. The summed E-state index contributed by atoms with van der Waals surface area (Å²) < 4.78 is 49.5. The first-order chi connectivity index (χ1) is 21.0. The van der Waals surface area contributed by atoms with E-state index < -0.39 is 33.1 Å². The molecule has 11 nitrogen and oxygen atoms in total. The van der Waals surface area contributed by atoms with Gasteiger partial charge in [-0.25, -0.2) is 27.4 Å². The second-order valence-corrected chi connectivity index (χ2v) is 12.5. The molecule has 0 aliphatic rings. The predicted molar refractivity (Wildman–Crippen MR) is 169 cm³/mol. The first-order valence-corrected chi connectivity index (χ1v) is 16.0. The number of rotatable bonds is 12. The van der Waals surface area contributed by atoms with Crippen molar-refractivity contribution in [2.45, 2.75) is 51.1 Å². The number of unbranched alkanes of at least 4 members (excludes halogenated alkanes) is 1. The highest BCUT2D eigenvalue weighted by atomic mass is 32.2. The molecule has 0 radical (unpaired) electrons. The first kappa shape index (κ1) is 32.4. The zero-order valence-corrected chi connectivity index (χ0v) is 26.0. The number of carbonyl (C=O) groups is 1. The molecule has 0 spiro atoms. The standard InChI is InChI=1S/C30H32FN5O6S2/c1-4-5-15-35-27(25(32)28(37)36(30(35)39)18-21-8-6-7-9-23(21)31)33-19(2)17-20-10-12-22(13-11-20)34-44(40,41)24-14-16-43-26(24)29(38)42-3/h6-14,16,34H,4-5,15,17-18,32H2,1-3H3. The van der Waals surface area contributed by atoms with Crippen LogP contribution in [0.3, 0.4) is 0 Å². The summed E-state index contributed by atoms with van der Waals surface area (Å²) in [6.07, 6.45) is 1.71. The molecule has 0 saturated carbocycles. The Balaban J connectivity index is 1.59. The third-order valence-corrected chi connectivity index (χ3v) is 9.16. The third kappa shape index (κ3) is 7.14. The van der Waals surface area contributed by atoms with E-state index in [-0.39, 0.29) is 45.6 Å². The lowest BCUT2D eigenvalue weighted by molar-refractivity contribution is 0.0602. The fraction of sp³-hybridized carbons (Fsp3) is 0.267. The van der Waals surface area contributed by atoms with Crippen LogP contribution in [-0.4, -0.2) is 36.3 Å². The Morgan fingerprint density at radius 2 is 1.80 bits per heavy atom. The Morgan fingerprint density at radius 3 is 2.45 bits per heavy atom. The van der Waals surface area contributed by atoms with Crippen molar-refractivity contribution in [2.75, 3.05) is 17.6 Å². The van der Waals surface area contributed by atoms with E-state index in [1.165, 1.54) is 41.3 Å². The van der Waals surface area contributed by atoms with Crippen molar-refractivity contribution in [3.8, 4) is 0 Å². The van der Waals surface area contributed by atoms with Crippen molar-refractivity contribution in [3.05, 3.63) is 103 Å². The van der Waals surface area contributed by atoms with E-state index in [1.54, 1.807) is 37.3 Å². The number of sulfonamides is 1. The highest BCUT2D eigenvalue weighted by molar-refractivity contribution is 7.93. The van der Waals surface area contributed by atoms with Crippen LogP contribution >= 0.6 is 11.3 Å². The number of thiophene rings is 1. The second-order valence-electron chi connectivity index (χ2n) is 9.94. The molecule has 2 heterocycles. The van der Waals surface area contributed by atoms with Gasteiger partial charge < -0.3 is 10.5 Å². The summed E-state index contributed by atoms with van der Waals surface area (Å²) in [5.74, 6) is -1.24. The Hall–Kier alpha value is -4.56. The van der Waals surface area contributed by atoms with E-state index in [4.69, 9.17) is 5.73 Å². The van der Waals surface area contributed by atoms with E-state index in [9.17, 15) is 27.2 Å². The van der Waals surface area contributed by atoms with E-state index >= 15 is 0 Å². The van der Waals surface area contributed by atoms with Crippen molar-refractivity contribution in [1.29, 1.82) is 0 Å². The molecular formula is C30H32FN5O6S2. The number of aromatic nitrogens is 2. The van der Waals surface area contributed by atoms with Gasteiger partial charge in [0.05, 0.1) is 13.7 Å². The number of nitrogens with zero attached hydrogens (tertiary/aromatic N) is 3. The maximum absolute atomic E-state index is 14.3.